The van der Waals surface area contributed by atoms with Gasteiger partial charge in [-0.25, -0.2) is 13.2 Å². The van der Waals surface area contributed by atoms with Crippen LogP contribution in [-0.4, -0.2) is 26.4 Å². The molecule has 2 aliphatic rings. The van der Waals surface area contributed by atoms with Gasteiger partial charge in [-0.3, -0.25) is 0 Å². The number of anilines is 1. The largest absolute Gasteiger partial charge is 0.384 e. The lowest BCUT2D eigenvalue weighted by molar-refractivity contribution is 0.247. The Morgan fingerprint density at radius 2 is 1.79 bits per heavy atom. The van der Waals surface area contributed by atoms with E-state index in [-0.39, 0.29) is 4.90 Å². The fourth-order valence-electron chi connectivity index (χ4n) is 3.25. The van der Waals surface area contributed by atoms with Gasteiger partial charge in [-0.05, 0) is 35.7 Å². The van der Waals surface area contributed by atoms with Crippen LogP contribution >= 0.6 is 0 Å². The van der Waals surface area contributed by atoms with Crippen LogP contribution in [0.15, 0.2) is 53.4 Å². The smallest absolute Gasteiger partial charge is 0.316 e. The monoisotopic (exact) mass is 343 g/mol. The van der Waals surface area contributed by atoms with E-state index >= 15 is 0 Å². The number of benzene rings is 2. The molecule has 1 fully saturated rings. The molecule has 1 unspecified atom stereocenters. The van der Waals surface area contributed by atoms with Crippen LogP contribution in [0.5, 0.6) is 0 Å². The molecule has 0 aromatic heterocycles. The summed E-state index contributed by atoms with van der Waals surface area (Å²) in [4.78, 5) is 12.0. The van der Waals surface area contributed by atoms with Crippen LogP contribution in [0.1, 0.15) is 17.2 Å². The molecule has 24 heavy (non-hydrogen) atoms. The summed E-state index contributed by atoms with van der Waals surface area (Å²) in [6.07, 6.45) is 0.802. The molecule has 2 aliphatic heterocycles. The van der Waals surface area contributed by atoms with E-state index in [9.17, 15) is 13.2 Å². The van der Waals surface area contributed by atoms with E-state index < -0.39 is 27.3 Å². The number of carbonyl (C=O) groups excluding carboxylic acids is 1. The Morgan fingerprint density at radius 3 is 2.58 bits per heavy atom. The van der Waals surface area contributed by atoms with E-state index in [1.807, 2.05) is 30.3 Å². The number of hydrogen-bond donors (Lipinski definition) is 3. The number of hydrogen-bond acceptors (Lipinski definition) is 4. The summed E-state index contributed by atoms with van der Waals surface area (Å²) in [7, 11) is -3.71. The van der Waals surface area contributed by atoms with Gasteiger partial charge in [0.25, 0.3) is 0 Å². The summed E-state index contributed by atoms with van der Waals surface area (Å²) < 4.78 is 26.2. The maximum atomic E-state index is 13.1. The van der Waals surface area contributed by atoms with Crippen molar-refractivity contribution in [2.24, 2.45) is 0 Å². The first-order valence-electron chi connectivity index (χ1n) is 7.78. The Kier molecular flexibility index (Phi) is 3.45. The SMILES string of the molecule is O=C1NC(c2ccccc2)[C@H](S(=O)(=O)c2ccc3c(c2)CCN3)N1. The van der Waals surface area contributed by atoms with Crippen molar-refractivity contribution in [3.63, 3.8) is 0 Å². The lowest BCUT2D eigenvalue weighted by Crippen LogP contribution is -2.36. The Morgan fingerprint density at radius 1 is 1.00 bits per heavy atom. The summed E-state index contributed by atoms with van der Waals surface area (Å²) in [5, 5.41) is 7.45. The van der Waals surface area contributed by atoms with Gasteiger partial charge in [0.05, 0.1) is 10.9 Å². The lowest BCUT2D eigenvalue weighted by Gasteiger charge is -2.19. The zero-order chi connectivity index (χ0) is 16.7. The lowest BCUT2D eigenvalue weighted by atomic mass is 10.1. The van der Waals surface area contributed by atoms with Gasteiger partial charge < -0.3 is 16.0 Å². The summed E-state index contributed by atoms with van der Waals surface area (Å²) >= 11 is 0. The standard InChI is InChI=1S/C17H17N3O3S/c21-17-19-15(11-4-2-1-3-5-11)16(20-17)24(22,23)13-6-7-14-12(10-13)8-9-18-14/h1-7,10,15-16,18H,8-9H2,(H2,19,20,21)/t15?,16-/m0/s1. The number of rotatable bonds is 3. The third kappa shape index (κ3) is 2.41. The molecule has 2 heterocycles. The second kappa shape index (κ2) is 5.52. The van der Waals surface area contributed by atoms with Crippen molar-refractivity contribution < 1.29 is 13.2 Å². The van der Waals surface area contributed by atoms with E-state index in [1.165, 1.54) is 0 Å². The van der Waals surface area contributed by atoms with Crippen molar-refractivity contribution in [1.82, 2.24) is 10.6 Å². The Hall–Kier alpha value is -2.54. The first kappa shape index (κ1) is 15.0. The minimum absolute atomic E-state index is 0.236. The number of fused-ring (bicyclic) bond motifs is 1. The van der Waals surface area contributed by atoms with E-state index in [0.29, 0.717) is 0 Å². The Labute approximate surface area is 140 Å². The number of sulfone groups is 1. The summed E-state index contributed by atoms with van der Waals surface area (Å²) in [5.74, 6) is 0. The fourth-order valence-corrected chi connectivity index (χ4v) is 4.95. The van der Waals surface area contributed by atoms with Crippen LogP contribution in [0.4, 0.5) is 10.5 Å². The second-order valence-corrected chi connectivity index (χ2v) is 8.04. The van der Waals surface area contributed by atoms with Crippen LogP contribution < -0.4 is 16.0 Å². The molecule has 6 nitrogen and oxygen atoms in total. The van der Waals surface area contributed by atoms with Crippen molar-refractivity contribution >= 4 is 21.6 Å². The maximum absolute atomic E-state index is 13.1. The molecule has 0 radical (unpaired) electrons. The summed E-state index contributed by atoms with van der Waals surface area (Å²) in [5.41, 5.74) is 2.72. The molecule has 2 aromatic rings. The van der Waals surface area contributed by atoms with Crippen LogP contribution in [-0.2, 0) is 16.3 Å². The van der Waals surface area contributed by atoms with Crippen LogP contribution in [0.25, 0.3) is 0 Å². The molecule has 4 rings (SSSR count). The van der Waals surface area contributed by atoms with Crippen molar-refractivity contribution in [3.05, 3.63) is 59.7 Å². The molecule has 2 aromatic carbocycles. The second-order valence-electron chi connectivity index (χ2n) is 5.97. The zero-order valence-corrected chi connectivity index (χ0v) is 13.6. The Balaban J connectivity index is 1.74. The molecule has 0 spiro atoms. The molecule has 0 bridgehead atoms. The first-order valence-corrected chi connectivity index (χ1v) is 9.33. The third-order valence-corrected chi connectivity index (χ3v) is 6.44. The molecule has 1 saturated heterocycles. The third-order valence-electron chi connectivity index (χ3n) is 4.47. The highest BCUT2D eigenvalue weighted by atomic mass is 32.2. The number of urea groups is 1. The highest BCUT2D eigenvalue weighted by molar-refractivity contribution is 7.92. The van der Waals surface area contributed by atoms with Gasteiger partial charge in [0, 0.05) is 12.2 Å². The maximum Gasteiger partial charge on any atom is 0.316 e. The van der Waals surface area contributed by atoms with Gasteiger partial charge in [0.15, 0.2) is 5.37 Å². The number of carbonyl (C=O) groups is 1. The van der Waals surface area contributed by atoms with Crippen molar-refractivity contribution in [2.45, 2.75) is 22.7 Å². The molecule has 124 valence electrons. The molecule has 7 heteroatoms. The minimum Gasteiger partial charge on any atom is -0.384 e. The quantitative estimate of drug-likeness (QED) is 0.793. The molecular weight excluding hydrogens is 326 g/mol. The van der Waals surface area contributed by atoms with Gasteiger partial charge in [0.1, 0.15) is 0 Å². The number of nitrogens with one attached hydrogen (secondary N) is 3. The van der Waals surface area contributed by atoms with Crippen molar-refractivity contribution in [3.8, 4) is 0 Å². The highest BCUT2D eigenvalue weighted by Gasteiger charge is 2.42. The predicted molar refractivity (Wildman–Crippen MR) is 90.5 cm³/mol. The first-order chi connectivity index (χ1) is 11.6. The zero-order valence-electron chi connectivity index (χ0n) is 12.8. The van der Waals surface area contributed by atoms with Gasteiger partial charge in [-0.15, -0.1) is 0 Å². The van der Waals surface area contributed by atoms with Crippen LogP contribution in [0.3, 0.4) is 0 Å². The highest BCUT2D eigenvalue weighted by Crippen LogP contribution is 2.31. The van der Waals surface area contributed by atoms with Crippen molar-refractivity contribution in [1.29, 1.82) is 0 Å². The van der Waals surface area contributed by atoms with Crippen molar-refractivity contribution in [2.75, 3.05) is 11.9 Å². The predicted octanol–water partition coefficient (Wildman–Crippen LogP) is 1.81. The summed E-state index contributed by atoms with van der Waals surface area (Å²) in [6, 6.07) is 13.1. The van der Waals surface area contributed by atoms with Gasteiger partial charge >= 0.3 is 6.03 Å². The van der Waals surface area contributed by atoms with Gasteiger partial charge in [-0.2, -0.15) is 0 Å². The van der Waals surface area contributed by atoms with Crippen LogP contribution in [0, 0.1) is 0 Å². The van der Waals surface area contributed by atoms with E-state index in [1.54, 1.807) is 18.2 Å². The average Bonchev–Trinajstić information content (AvgIpc) is 3.21. The van der Waals surface area contributed by atoms with Gasteiger partial charge in [0.2, 0.25) is 9.84 Å². The van der Waals surface area contributed by atoms with Gasteiger partial charge in [-0.1, -0.05) is 30.3 Å². The molecular formula is C17H17N3O3S. The molecule has 0 aliphatic carbocycles. The topological polar surface area (TPSA) is 87.3 Å². The normalized spacial score (nSPS) is 22.4. The molecule has 2 amide bonds. The average molecular weight is 343 g/mol. The van der Waals surface area contributed by atoms with E-state index in [0.717, 1.165) is 29.8 Å². The van der Waals surface area contributed by atoms with E-state index in [4.69, 9.17) is 0 Å². The minimum atomic E-state index is -3.71. The van der Waals surface area contributed by atoms with E-state index in [2.05, 4.69) is 16.0 Å². The molecule has 2 atom stereocenters. The Bertz CT molecular complexity index is 897. The fraction of sp³-hybridized carbons (Fsp3) is 0.235. The number of amides is 2. The van der Waals surface area contributed by atoms with Crippen LogP contribution in [0.2, 0.25) is 0 Å². The molecule has 0 saturated carbocycles. The molecule has 3 N–H and O–H groups in total. The summed E-state index contributed by atoms with van der Waals surface area (Å²) in [6.45, 7) is 0.813.